The molecule has 4 fully saturated rings. The zero-order valence-corrected chi connectivity index (χ0v) is 39.8. The molecule has 9 rings (SSSR count). The highest BCUT2D eigenvalue weighted by molar-refractivity contribution is 7.90. The fraction of sp³-hybridized carbons (Fsp3) is 0.490. The first-order valence-electron chi connectivity index (χ1n) is 23.2. The summed E-state index contributed by atoms with van der Waals surface area (Å²) in [6.07, 6.45) is 12.6. The largest absolute Gasteiger partial charge is 0.455 e. The van der Waals surface area contributed by atoms with E-state index in [0.29, 0.717) is 47.3 Å². The van der Waals surface area contributed by atoms with Crippen molar-refractivity contribution in [1.29, 1.82) is 0 Å². The van der Waals surface area contributed by atoms with Crippen LogP contribution in [0.1, 0.15) is 113 Å². The van der Waals surface area contributed by atoms with E-state index in [0.717, 1.165) is 94.3 Å². The first-order chi connectivity index (χ1) is 31.6. The Morgan fingerprint density at radius 1 is 1.00 bits per heavy atom. The van der Waals surface area contributed by atoms with Crippen LogP contribution < -0.4 is 19.7 Å². The van der Waals surface area contributed by atoms with E-state index in [-0.39, 0.29) is 34.0 Å². The van der Waals surface area contributed by atoms with Gasteiger partial charge < -0.3 is 19.9 Å². The molecule has 2 aliphatic carbocycles. The Bertz CT molecular complexity index is 2750. The summed E-state index contributed by atoms with van der Waals surface area (Å²) in [5, 5.41) is 16.0. The number of sulfonamides is 1. The second kappa shape index (κ2) is 18.4. The van der Waals surface area contributed by atoms with Crippen molar-refractivity contribution in [3.8, 4) is 11.5 Å². The second-order valence-corrected chi connectivity index (χ2v) is 23.3. The van der Waals surface area contributed by atoms with Crippen LogP contribution in [0.2, 0.25) is 0 Å². The number of ether oxygens (including phenoxy) is 1. The summed E-state index contributed by atoms with van der Waals surface area (Å²) in [7, 11) is -5.45. The Labute approximate surface area is 389 Å². The van der Waals surface area contributed by atoms with Crippen LogP contribution in [0.4, 0.5) is 17.2 Å². The number of H-pyrrole nitrogens is 1. The standard InChI is InChI=1S/C49H60N8O7S2/c1-32(2)39-7-5-6-8-40(39)43-31-65(61)22-21-56(43)36-26-49(27-36)16-19-55(20-17-49)35-9-10-41(44(24-35)64-37-23-34-13-18-50-45(34)52-29-37)47(58)54-66(62,63)38-25-42(57(59)60)46(53-30-38)51-28-33-11-14-48(3,4)15-12-33/h5-10,13,18,23-25,29-30,32-33,36,43H,11-12,14-17,19-22,26-28,31H2,1-4H3,(H,50,52)(H,51,53)(H,54,58)/t43-,65?/m1/s1. The molecule has 1 spiro atoms. The maximum atomic E-state index is 14.0. The second-order valence-electron chi connectivity index (χ2n) is 20.0. The number of aromatic nitrogens is 3. The lowest BCUT2D eigenvalue weighted by Crippen LogP contribution is -2.58. The van der Waals surface area contributed by atoms with Crippen molar-refractivity contribution in [2.75, 3.05) is 47.9 Å². The number of rotatable bonds is 13. The minimum Gasteiger partial charge on any atom is -0.455 e. The van der Waals surface area contributed by atoms with Crippen molar-refractivity contribution in [1.82, 2.24) is 24.6 Å². The molecule has 2 saturated heterocycles. The lowest BCUT2D eigenvalue weighted by molar-refractivity contribution is -0.384. The van der Waals surface area contributed by atoms with Crippen molar-refractivity contribution in [2.24, 2.45) is 16.7 Å². The third kappa shape index (κ3) is 9.70. The maximum Gasteiger partial charge on any atom is 0.312 e. The lowest BCUT2D eigenvalue weighted by Gasteiger charge is -2.57. The average molecular weight is 937 g/mol. The fourth-order valence-electron chi connectivity index (χ4n) is 10.7. The molecule has 2 saturated carbocycles. The van der Waals surface area contributed by atoms with Crippen molar-refractivity contribution in [2.45, 2.75) is 102 Å². The maximum absolute atomic E-state index is 14.0. The third-order valence-electron chi connectivity index (χ3n) is 14.7. The van der Waals surface area contributed by atoms with Crippen LogP contribution in [0.15, 0.2) is 84.1 Å². The van der Waals surface area contributed by atoms with E-state index < -0.39 is 42.2 Å². The molecule has 0 bridgehead atoms. The molecule has 1 unspecified atom stereocenters. The van der Waals surface area contributed by atoms with Crippen LogP contribution in [-0.2, 0) is 20.8 Å². The molecule has 4 aliphatic rings. The molecule has 5 heterocycles. The Morgan fingerprint density at radius 3 is 2.50 bits per heavy atom. The highest BCUT2D eigenvalue weighted by atomic mass is 32.2. The number of anilines is 2. The summed E-state index contributed by atoms with van der Waals surface area (Å²) in [6, 6.07) is 18.9. The number of hydrogen-bond acceptors (Lipinski definition) is 12. The number of aromatic amines is 1. The molecule has 350 valence electrons. The molecular formula is C49H60N8O7S2. The van der Waals surface area contributed by atoms with E-state index in [1.807, 2.05) is 6.07 Å². The number of hydrogen-bond donors (Lipinski definition) is 3. The van der Waals surface area contributed by atoms with Gasteiger partial charge in [-0.05, 0) is 109 Å². The topological polar surface area (TPSA) is 193 Å². The summed E-state index contributed by atoms with van der Waals surface area (Å²) in [6.45, 7) is 11.8. The van der Waals surface area contributed by atoms with Crippen molar-refractivity contribution < 1.29 is 27.1 Å². The van der Waals surface area contributed by atoms with Crippen molar-refractivity contribution in [3.05, 3.63) is 106 Å². The number of pyridine rings is 2. The normalized spacial score (nSPS) is 21.4. The molecule has 0 radical (unpaired) electrons. The summed E-state index contributed by atoms with van der Waals surface area (Å²) >= 11 is 0. The Hall–Kier alpha value is -5.39. The van der Waals surface area contributed by atoms with Gasteiger partial charge in [0, 0.05) is 90.0 Å². The Morgan fingerprint density at radius 2 is 1.76 bits per heavy atom. The Kier molecular flexibility index (Phi) is 12.7. The SMILES string of the molecule is CC(C)c1ccccc1[C@H]1CS(=O)CCN1C1CC2(CCN(c3ccc(C(=O)NS(=O)(=O)c4cnc(NCC5CCC(C)(C)CC5)c([N+](=O)[O-])c4)c(Oc4cnc5[nH]ccc5c4)c3)CC2)C1. The van der Waals surface area contributed by atoms with Gasteiger partial charge in [-0.25, -0.2) is 23.1 Å². The number of nitro groups is 1. The van der Waals surface area contributed by atoms with Gasteiger partial charge in [0.15, 0.2) is 0 Å². The third-order valence-corrected chi connectivity index (χ3v) is 17.3. The summed E-state index contributed by atoms with van der Waals surface area (Å²) < 4.78 is 48.9. The molecular weight excluding hydrogens is 877 g/mol. The van der Waals surface area contributed by atoms with Gasteiger partial charge in [-0.3, -0.25) is 24.0 Å². The van der Waals surface area contributed by atoms with E-state index in [4.69, 9.17) is 4.74 Å². The van der Waals surface area contributed by atoms with Crippen LogP contribution in [0, 0.1) is 26.9 Å². The average Bonchev–Trinajstić information content (AvgIpc) is 3.76. The highest BCUT2D eigenvalue weighted by Crippen LogP contribution is 2.53. The van der Waals surface area contributed by atoms with Gasteiger partial charge in [0.1, 0.15) is 22.0 Å². The molecule has 3 aromatic heterocycles. The van der Waals surface area contributed by atoms with Gasteiger partial charge in [-0.15, -0.1) is 0 Å². The molecule has 1 amide bonds. The summed E-state index contributed by atoms with van der Waals surface area (Å²) in [5.41, 5.74) is 4.08. The zero-order chi connectivity index (χ0) is 46.4. The summed E-state index contributed by atoms with van der Waals surface area (Å²) in [4.78, 5) is 41.5. The lowest BCUT2D eigenvalue weighted by atomic mass is 9.59. The van der Waals surface area contributed by atoms with Crippen LogP contribution in [0.3, 0.4) is 0 Å². The van der Waals surface area contributed by atoms with Crippen LogP contribution in [0.5, 0.6) is 11.5 Å². The van der Waals surface area contributed by atoms with Gasteiger partial charge in [-0.2, -0.15) is 0 Å². The number of carbonyl (C=O) groups excluding carboxylic acids is 1. The minimum atomic E-state index is -4.62. The van der Waals surface area contributed by atoms with Gasteiger partial charge in [0.05, 0.1) is 22.9 Å². The van der Waals surface area contributed by atoms with Gasteiger partial charge in [0.2, 0.25) is 5.82 Å². The van der Waals surface area contributed by atoms with Crippen molar-refractivity contribution >= 4 is 55.0 Å². The molecule has 66 heavy (non-hydrogen) atoms. The van der Waals surface area contributed by atoms with Gasteiger partial charge >= 0.3 is 5.69 Å². The number of carbonyl (C=O) groups is 1. The number of fused-ring (bicyclic) bond motifs is 1. The van der Waals surface area contributed by atoms with E-state index in [1.165, 1.54) is 17.3 Å². The van der Waals surface area contributed by atoms with Gasteiger partial charge in [-0.1, -0.05) is 52.0 Å². The first-order valence-corrected chi connectivity index (χ1v) is 26.2. The van der Waals surface area contributed by atoms with Crippen LogP contribution in [0.25, 0.3) is 11.0 Å². The zero-order valence-electron chi connectivity index (χ0n) is 38.1. The molecule has 15 nitrogen and oxygen atoms in total. The Balaban J connectivity index is 0.900. The van der Waals surface area contributed by atoms with Crippen molar-refractivity contribution in [3.63, 3.8) is 0 Å². The van der Waals surface area contributed by atoms with Gasteiger partial charge in [0.25, 0.3) is 15.9 Å². The number of nitrogens with zero attached hydrogens (tertiary/aromatic N) is 5. The highest BCUT2D eigenvalue weighted by Gasteiger charge is 2.50. The predicted octanol–water partition coefficient (Wildman–Crippen LogP) is 9.08. The van der Waals surface area contributed by atoms with E-state index >= 15 is 0 Å². The quantitative estimate of drug-likeness (QED) is 0.0751. The molecule has 2 aliphatic heterocycles. The van der Waals surface area contributed by atoms with Crippen LogP contribution in [-0.4, -0.2) is 87.0 Å². The number of nitrogens with one attached hydrogen (secondary N) is 3. The molecule has 5 aromatic rings. The predicted molar refractivity (Wildman–Crippen MR) is 257 cm³/mol. The first kappa shape index (κ1) is 45.8. The van der Waals surface area contributed by atoms with E-state index in [2.05, 4.69) is 86.8 Å². The monoisotopic (exact) mass is 936 g/mol. The number of amides is 1. The number of piperidine rings is 1. The minimum absolute atomic E-state index is 0.0205. The molecule has 2 atom stereocenters. The van der Waals surface area contributed by atoms with Crippen LogP contribution >= 0.6 is 0 Å². The van der Waals surface area contributed by atoms with E-state index in [9.17, 15) is 27.5 Å². The smallest absolute Gasteiger partial charge is 0.312 e. The molecule has 2 aromatic carbocycles. The fourth-order valence-corrected chi connectivity index (χ4v) is 12.9. The molecule has 17 heteroatoms. The van der Waals surface area contributed by atoms with E-state index in [1.54, 1.807) is 30.5 Å². The molecule has 3 N–H and O–H groups in total. The number of benzene rings is 2. The summed E-state index contributed by atoms with van der Waals surface area (Å²) in [5.74, 6) is 1.58.